The van der Waals surface area contributed by atoms with Crippen molar-refractivity contribution < 1.29 is 9.90 Å². The third kappa shape index (κ3) is 3.85. The largest absolute Gasteiger partial charge is 0.480 e. The van der Waals surface area contributed by atoms with Crippen LogP contribution < -0.4 is 5.32 Å². The minimum atomic E-state index is -0.853. The van der Waals surface area contributed by atoms with E-state index in [1.54, 1.807) is 6.92 Å². The highest BCUT2D eigenvalue weighted by atomic mass is 16.4. The van der Waals surface area contributed by atoms with Crippen molar-refractivity contribution in [3.63, 3.8) is 0 Å². The van der Waals surface area contributed by atoms with E-state index in [1.165, 1.54) is 11.1 Å². The molecule has 0 spiro atoms. The lowest BCUT2D eigenvalue weighted by atomic mass is 10.0. The molecule has 98 valence electrons. The van der Waals surface area contributed by atoms with E-state index in [-0.39, 0.29) is 0 Å². The van der Waals surface area contributed by atoms with E-state index >= 15 is 0 Å². The van der Waals surface area contributed by atoms with Crippen LogP contribution >= 0.6 is 0 Å². The summed E-state index contributed by atoms with van der Waals surface area (Å²) < 4.78 is 0. The van der Waals surface area contributed by atoms with Gasteiger partial charge in [-0.05, 0) is 36.6 Å². The van der Waals surface area contributed by atoms with Crippen molar-refractivity contribution >= 4 is 11.7 Å². The van der Waals surface area contributed by atoms with Crippen molar-refractivity contribution in [2.45, 2.75) is 19.4 Å². The van der Waals surface area contributed by atoms with Gasteiger partial charge in [0.15, 0.2) is 0 Å². The van der Waals surface area contributed by atoms with Crippen molar-refractivity contribution in [2.24, 2.45) is 0 Å². The Morgan fingerprint density at radius 2 is 1.63 bits per heavy atom. The summed E-state index contributed by atoms with van der Waals surface area (Å²) in [4.78, 5) is 10.7. The van der Waals surface area contributed by atoms with Crippen LogP contribution in [0.4, 0.5) is 5.69 Å². The van der Waals surface area contributed by atoms with E-state index in [9.17, 15) is 4.79 Å². The minimum absolute atomic E-state index is 0.583. The molecule has 0 aliphatic carbocycles. The van der Waals surface area contributed by atoms with Gasteiger partial charge in [-0.3, -0.25) is 4.79 Å². The van der Waals surface area contributed by atoms with Crippen LogP contribution in [-0.2, 0) is 11.2 Å². The monoisotopic (exact) mass is 255 g/mol. The van der Waals surface area contributed by atoms with E-state index in [2.05, 4.69) is 17.4 Å². The average Bonchev–Trinajstić information content (AvgIpc) is 2.42. The summed E-state index contributed by atoms with van der Waals surface area (Å²) in [5.74, 6) is -0.853. The number of nitrogens with one attached hydrogen (secondary N) is 1. The number of anilines is 1. The normalized spacial score (nSPS) is 11.8. The van der Waals surface area contributed by atoms with Crippen molar-refractivity contribution in [1.82, 2.24) is 0 Å². The summed E-state index contributed by atoms with van der Waals surface area (Å²) in [7, 11) is 0. The zero-order chi connectivity index (χ0) is 13.7. The molecule has 2 aromatic carbocycles. The van der Waals surface area contributed by atoms with Crippen molar-refractivity contribution in [2.75, 3.05) is 5.32 Å². The maximum atomic E-state index is 10.7. The van der Waals surface area contributed by atoms with Gasteiger partial charge in [0.05, 0.1) is 0 Å². The first-order valence-electron chi connectivity index (χ1n) is 6.27. The van der Waals surface area contributed by atoms with Crippen LogP contribution in [-0.4, -0.2) is 17.1 Å². The molecule has 3 nitrogen and oxygen atoms in total. The van der Waals surface area contributed by atoms with Gasteiger partial charge in [0.1, 0.15) is 6.04 Å². The van der Waals surface area contributed by atoms with Crippen LogP contribution in [0.2, 0.25) is 0 Å². The molecule has 0 bridgehead atoms. The molecule has 2 rings (SSSR count). The van der Waals surface area contributed by atoms with Gasteiger partial charge in [-0.2, -0.15) is 0 Å². The molecule has 2 aromatic rings. The van der Waals surface area contributed by atoms with Crippen LogP contribution in [0.15, 0.2) is 54.6 Å². The highest BCUT2D eigenvalue weighted by molar-refractivity contribution is 5.76. The molecule has 0 aromatic heterocycles. The Balaban J connectivity index is 2.01. The predicted octanol–water partition coefficient (Wildman–Crippen LogP) is 3.16. The molecule has 0 amide bonds. The molecule has 0 aliphatic rings. The van der Waals surface area contributed by atoms with Gasteiger partial charge in [0.2, 0.25) is 0 Å². The second kappa shape index (κ2) is 6.05. The molecule has 0 heterocycles. The lowest BCUT2D eigenvalue weighted by Gasteiger charge is -2.11. The van der Waals surface area contributed by atoms with Gasteiger partial charge in [0, 0.05) is 5.69 Å². The SMILES string of the molecule is CC(Nc1ccc(Cc2ccccc2)cc1)C(=O)O. The maximum Gasteiger partial charge on any atom is 0.325 e. The summed E-state index contributed by atoms with van der Waals surface area (Å²) in [6.45, 7) is 1.63. The van der Waals surface area contributed by atoms with Gasteiger partial charge in [-0.1, -0.05) is 42.5 Å². The number of rotatable bonds is 5. The fourth-order valence-corrected chi connectivity index (χ4v) is 1.86. The fraction of sp³-hybridized carbons (Fsp3) is 0.188. The Labute approximate surface area is 112 Å². The molecule has 1 unspecified atom stereocenters. The predicted molar refractivity (Wildman–Crippen MR) is 76.4 cm³/mol. The Bertz CT molecular complexity index is 534. The molecule has 1 atom stereocenters. The first-order valence-corrected chi connectivity index (χ1v) is 6.27. The maximum absolute atomic E-state index is 10.7. The molecule has 19 heavy (non-hydrogen) atoms. The van der Waals surface area contributed by atoms with Crippen LogP contribution in [0, 0.1) is 0 Å². The zero-order valence-corrected chi connectivity index (χ0v) is 10.8. The molecule has 2 N–H and O–H groups in total. The third-order valence-electron chi connectivity index (χ3n) is 2.96. The summed E-state index contributed by atoms with van der Waals surface area (Å²) in [5.41, 5.74) is 3.30. The molecular weight excluding hydrogens is 238 g/mol. The first-order chi connectivity index (χ1) is 9.15. The molecule has 0 saturated heterocycles. The van der Waals surface area contributed by atoms with Gasteiger partial charge >= 0.3 is 5.97 Å². The highest BCUT2D eigenvalue weighted by Gasteiger charge is 2.09. The Morgan fingerprint density at radius 1 is 1.05 bits per heavy atom. The Kier molecular flexibility index (Phi) is 4.18. The van der Waals surface area contributed by atoms with Crippen molar-refractivity contribution in [3.05, 3.63) is 65.7 Å². The van der Waals surface area contributed by atoms with Gasteiger partial charge in [-0.25, -0.2) is 0 Å². The number of carbonyl (C=O) groups is 1. The quantitative estimate of drug-likeness (QED) is 0.862. The number of hydrogen-bond donors (Lipinski definition) is 2. The first kappa shape index (κ1) is 13.1. The van der Waals surface area contributed by atoms with Gasteiger partial charge in [0.25, 0.3) is 0 Å². The molecular formula is C16H17NO2. The fourth-order valence-electron chi connectivity index (χ4n) is 1.86. The highest BCUT2D eigenvalue weighted by Crippen LogP contribution is 2.14. The van der Waals surface area contributed by atoms with Crippen molar-refractivity contribution in [3.8, 4) is 0 Å². The number of carboxylic acids is 1. The number of hydrogen-bond acceptors (Lipinski definition) is 2. The molecule has 0 aliphatic heterocycles. The third-order valence-corrected chi connectivity index (χ3v) is 2.96. The summed E-state index contributed by atoms with van der Waals surface area (Å²) in [6, 6.07) is 17.5. The van der Waals surface area contributed by atoms with Crippen LogP contribution in [0.3, 0.4) is 0 Å². The number of carboxylic acid groups (broad SMARTS) is 1. The van der Waals surface area contributed by atoms with E-state index in [1.807, 2.05) is 42.5 Å². The topological polar surface area (TPSA) is 49.3 Å². The van der Waals surface area contributed by atoms with Gasteiger partial charge < -0.3 is 10.4 Å². The smallest absolute Gasteiger partial charge is 0.325 e. The molecule has 0 radical (unpaired) electrons. The summed E-state index contributed by atoms with van der Waals surface area (Å²) in [5, 5.41) is 11.8. The Hall–Kier alpha value is -2.29. The zero-order valence-electron chi connectivity index (χ0n) is 10.8. The van der Waals surface area contributed by atoms with E-state index in [0.29, 0.717) is 0 Å². The summed E-state index contributed by atoms with van der Waals surface area (Å²) >= 11 is 0. The standard InChI is InChI=1S/C16H17NO2/c1-12(16(18)19)17-15-9-7-14(8-10-15)11-13-5-3-2-4-6-13/h2-10,12,17H,11H2,1H3,(H,18,19). The molecule has 0 saturated carbocycles. The van der Waals surface area contributed by atoms with Crippen LogP contribution in [0.5, 0.6) is 0 Å². The van der Waals surface area contributed by atoms with Crippen LogP contribution in [0.25, 0.3) is 0 Å². The van der Waals surface area contributed by atoms with Gasteiger partial charge in [-0.15, -0.1) is 0 Å². The molecule has 0 fully saturated rings. The Morgan fingerprint density at radius 3 is 2.21 bits per heavy atom. The van der Waals surface area contributed by atoms with E-state index < -0.39 is 12.0 Å². The average molecular weight is 255 g/mol. The van der Waals surface area contributed by atoms with E-state index in [0.717, 1.165) is 12.1 Å². The lowest BCUT2D eigenvalue weighted by molar-refractivity contribution is -0.137. The second-order valence-electron chi connectivity index (χ2n) is 4.56. The lowest BCUT2D eigenvalue weighted by Crippen LogP contribution is -2.25. The van der Waals surface area contributed by atoms with Crippen LogP contribution in [0.1, 0.15) is 18.1 Å². The van der Waals surface area contributed by atoms with Crippen molar-refractivity contribution in [1.29, 1.82) is 0 Å². The summed E-state index contributed by atoms with van der Waals surface area (Å²) in [6.07, 6.45) is 0.885. The number of aliphatic carboxylic acids is 1. The number of benzene rings is 2. The minimum Gasteiger partial charge on any atom is -0.480 e. The van der Waals surface area contributed by atoms with E-state index in [4.69, 9.17) is 5.11 Å². The molecule has 3 heteroatoms. The second-order valence-corrected chi connectivity index (χ2v) is 4.56.